The van der Waals surface area contributed by atoms with E-state index >= 15 is 0 Å². The molecule has 5 rings (SSSR count). The second kappa shape index (κ2) is 6.03. The molecule has 1 aliphatic rings. The zero-order valence-corrected chi connectivity index (χ0v) is 15.9. The number of nitrogens with zero attached hydrogens (tertiary/aromatic N) is 2. The molecule has 6 heteroatoms. The molecule has 1 aliphatic heterocycles. The molecule has 1 atom stereocenters. The number of pyridine rings is 2. The highest BCUT2D eigenvalue weighted by atomic mass is 32.1. The number of carbonyl (C=O) groups excluding carboxylic acids is 1. The molecule has 134 valence electrons. The number of thiophene rings is 1. The molecule has 0 bridgehead atoms. The molecule has 1 amide bonds. The average Bonchev–Trinajstić information content (AvgIpc) is 2.99. The van der Waals surface area contributed by atoms with Crippen molar-refractivity contribution in [2.24, 2.45) is 0 Å². The molecule has 2 N–H and O–H groups in total. The Hall–Kier alpha value is -2.99. The van der Waals surface area contributed by atoms with E-state index < -0.39 is 0 Å². The van der Waals surface area contributed by atoms with Crippen LogP contribution in [-0.4, -0.2) is 28.5 Å². The van der Waals surface area contributed by atoms with Gasteiger partial charge in [0.05, 0.1) is 16.9 Å². The summed E-state index contributed by atoms with van der Waals surface area (Å²) in [6.07, 6.45) is 3.65. The Bertz CT molecular complexity index is 1210. The maximum Gasteiger partial charge on any atom is 0.263 e. The fourth-order valence-electron chi connectivity index (χ4n) is 3.61. The van der Waals surface area contributed by atoms with Crippen molar-refractivity contribution in [2.75, 3.05) is 11.9 Å². The Kier molecular flexibility index (Phi) is 3.62. The maximum absolute atomic E-state index is 12.5. The second-order valence-electron chi connectivity index (χ2n) is 6.95. The standard InChI is InChI=1S/C21H18N4OS/c1-11-7-8-22-10-14(11)16-4-3-13-15(25-16)5-6-17-18(13)19-20(27-17)21(26)24-12(2)9-23-19/h3-8,10,12,23H,9H2,1-2H3,(H,24,26)/t12-/m1/s1. The highest BCUT2D eigenvalue weighted by Gasteiger charge is 2.24. The summed E-state index contributed by atoms with van der Waals surface area (Å²) in [7, 11) is 0. The number of hydrogen-bond acceptors (Lipinski definition) is 5. The molecule has 4 aromatic rings. The number of rotatable bonds is 1. The number of anilines is 1. The third kappa shape index (κ3) is 2.56. The quantitative estimate of drug-likeness (QED) is 0.519. The minimum atomic E-state index is -0.00702. The zero-order valence-electron chi connectivity index (χ0n) is 15.0. The number of aromatic nitrogens is 2. The van der Waals surface area contributed by atoms with E-state index in [1.807, 2.05) is 31.3 Å². The summed E-state index contributed by atoms with van der Waals surface area (Å²) >= 11 is 1.53. The van der Waals surface area contributed by atoms with Crippen LogP contribution in [0.2, 0.25) is 0 Å². The lowest BCUT2D eigenvalue weighted by molar-refractivity contribution is 0.0949. The van der Waals surface area contributed by atoms with Crippen molar-refractivity contribution in [2.45, 2.75) is 19.9 Å². The van der Waals surface area contributed by atoms with E-state index in [9.17, 15) is 4.79 Å². The number of benzene rings is 1. The SMILES string of the molecule is Cc1ccncc1-c1ccc2c(ccc3sc4c(c32)NC[C@@H](C)NC4=O)n1. The van der Waals surface area contributed by atoms with Crippen molar-refractivity contribution >= 4 is 43.9 Å². The monoisotopic (exact) mass is 374 g/mol. The Morgan fingerprint density at radius 2 is 2.07 bits per heavy atom. The minimum absolute atomic E-state index is 0.00702. The number of nitrogens with one attached hydrogen (secondary N) is 2. The number of fused-ring (bicyclic) bond motifs is 5. The second-order valence-corrected chi connectivity index (χ2v) is 8.01. The van der Waals surface area contributed by atoms with E-state index in [4.69, 9.17) is 4.98 Å². The normalized spacial score (nSPS) is 16.7. The summed E-state index contributed by atoms with van der Waals surface area (Å²) in [4.78, 5) is 22.4. The van der Waals surface area contributed by atoms with Gasteiger partial charge in [0.15, 0.2) is 0 Å². The molecule has 5 nitrogen and oxygen atoms in total. The van der Waals surface area contributed by atoms with Gasteiger partial charge in [0.1, 0.15) is 4.88 Å². The van der Waals surface area contributed by atoms with Gasteiger partial charge < -0.3 is 10.6 Å². The molecule has 0 radical (unpaired) electrons. The van der Waals surface area contributed by atoms with Crippen molar-refractivity contribution in [1.82, 2.24) is 15.3 Å². The van der Waals surface area contributed by atoms with Crippen LogP contribution in [0.3, 0.4) is 0 Å². The predicted octanol–water partition coefficient (Wildman–Crippen LogP) is 4.36. The van der Waals surface area contributed by atoms with Gasteiger partial charge in [0.25, 0.3) is 5.91 Å². The Labute approximate surface area is 160 Å². The van der Waals surface area contributed by atoms with Gasteiger partial charge in [-0.1, -0.05) is 0 Å². The van der Waals surface area contributed by atoms with Crippen LogP contribution in [0.5, 0.6) is 0 Å². The number of carbonyl (C=O) groups is 1. The van der Waals surface area contributed by atoms with E-state index in [-0.39, 0.29) is 11.9 Å². The number of amides is 1. The lowest BCUT2D eigenvalue weighted by atomic mass is 10.0. The van der Waals surface area contributed by atoms with E-state index in [1.165, 1.54) is 11.3 Å². The van der Waals surface area contributed by atoms with E-state index in [0.717, 1.165) is 48.4 Å². The third-order valence-electron chi connectivity index (χ3n) is 5.01. The molecule has 0 unspecified atom stereocenters. The summed E-state index contributed by atoms with van der Waals surface area (Å²) in [5, 5.41) is 8.64. The Morgan fingerprint density at radius 3 is 2.93 bits per heavy atom. The summed E-state index contributed by atoms with van der Waals surface area (Å²) in [5.41, 5.74) is 4.94. The van der Waals surface area contributed by atoms with Gasteiger partial charge in [-0.05, 0) is 49.7 Å². The first-order valence-corrected chi connectivity index (χ1v) is 9.75. The number of hydrogen-bond donors (Lipinski definition) is 2. The Balaban J connectivity index is 1.74. The third-order valence-corrected chi connectivity index (χ3v) is 6.16. The molecule has 0 saturated heterocycles. The fourth-order valence-corrected chi connectivity index (χ4v) is 4.71. The predicted molar refractivity (Wildman–Crippen MR) is 111 cm³/mol. The van der Waals surface area contributed by atoms with Crippen molar-refractivity contribution in [3.63, 3.8) is 0 Å². The van der Waals surface area contributed by atoms with Crippen LogP contribution >= 0.6 is 11.3 Å². The molecule has 0 aliphatic carbocycles. The van der Waals surface area contributed by atoms with Crippen molar-refractivity contribution in [3.8, 4) is 11.3 Å². The Morgan fingerprint density at radius 1 is 1.19 bits per heavy atom. The van der Waals surface area contributed by atoms with Crippen LogP contribution in [0.25, 0.3) is 32.2 Å². The molecule has 0 fully saturated rings. The zero-order chi connectivity index (χ0) is 18.5. The van der Waals surface area contributed by atoms with E-state index in [2.05, 4.69) is 34.7 Å². The molecule has 1 aromatic carbocycles. The van der Waals surface area contributed by atoms with Gasteiger partial charge in [-0.25, -0.2) is 4.98 Å². The lowest BCUT2D eigenvalue weighted by Crippen LogP contribution is -2.34. The van der Waals surface area contributed by atoms with Crippen molar-refractivity contribution in [1.29, 1.82) is 0 Å². The van der Waals surface area contributed by atoms with Gasteiger partial charge in [-0.3, -0.25) is 9.78 Å². The topological polar surface area (TPSA) is 66.9 Å². The van der Waals surface area contributed by atoms with Gasteiger partial charge >= 0.3 is 0 Å². The van der Waals surface area contributed by atoms with E-state index in [0.29, 0.717) is 6.54 Å². The average molecular weight is 374 g/mol. The van der Waals surface area contributed by atoms with Gasteiger partial charge in [-0.15, -0.1) is 11.3 Å². The van der Waals surface area contributed by atoms with Crippen molar-refractivity contribution in [3.05, 3.63) is 53.2 Å². The van der Waals surface area contributed by atoms with Crippen LogP contribution in [-0.2, 0) is 0 Å². The summed E-state index contributed by atoms with van der Waals surface area (Å²) in [6.45, 7) is 4.78. The number of aryl methyl sites for hydroxylation is 1. The summed E-state index contributed by atoms with van der Waals surface area (Å²) in [5.74, 6) is -0.00702. The smallest absolute Gasteiger partial charge is 0.263 e. The highest BCUT2D eigenvalue weighted by molar-refractivity contribution is 7.21. The molecule has 0 spiro atoms. The summed E-state index contributed by atoms with van der Waals surface area (Å²) < 4.78 is 1.09. The first-order valence-electron chi connectivity index (χ1n) is 8.94. The molecular weight excluding hydrogens is 356 g/mol. The maximum atomic E-state index is 12.5. The van der Waals surface area contributed by atoms with Gasteiger partial charge in [0, 0.05) is 46.0 Å². The van der Waals surface area contributed by atoms with Crippen LogP contribution in [0, 0.1) is 6.92 Å². The van der Waals surface area contributed by atoms with Gasteiger partial charge in [0.2, 0.25) is 0 Å². The first kappa shape index (κ1) is 16.2. The van der Waals surface area contributed by atoms with Crippen LogP contribution in [0.4, 0.5) is 5.69 Å². The minimum Gasteiger partial charge on any atom is -0.381 e. The van der Waals surface area contributed by atoms with E-state index in [1.54, 1.807) is 6.20 Å². The highest BCUT2D eigenvalue weighted by Crippen LogP contribution is 2.41. The van der Waals surface area contributed by atoms with Crippen LogP contribution in [0.1, 0.15) is 22.2 Å². The molecular formula is C21H18N4OS. The van der Waals surface area contributed by atoms with Crippen molar-refractivity contribution < 1.29 is 4.79 Å². The summed E-state index contributed by atoms with van der Waals surface area (Å²) in [6, 6.07) is 10.3. The molecule has 27 heavy (non-hydrogen) atoms. The van der Waals surface area contributed by atoms with Crippen LogP contribution in [0.15, 0.2) is 42.7 Å². The first-order chi connectivity index (χ1) is 13.1. The lowest BCUT2D eigenvalue weighted by Gasteiger charge is -2.10. The largest absolute Gasteiger partial charge is 0.381 e. The van der Waals surface area contributed by atoms with Gasteiger partial charge in [-0.2, -0.15) is 0 Å². The van der Waals surface area contributed by atoms with Crippen LogP contribution < -0.4 is 10.6 Å². The molecule has 3 aromatic heterocycles. The fraction of sp³-hybridized carbons (Fsp3) is 0.190. The molecule has 0 saturated carbocycles. The molecule has 4 heterocycles.